The average Bonchev–Trinajstić information content (AvgIpc) is 2.34. The van der Waals surface area contributed by atoms with Crippen molar-refractivity contribution in [3.8, 4) is 0 Å². The summed E-state index contributed by atoms with van der Waals surface area (Å²) in [6.45, 7) is 1.82. The molecule has 1 aliphatic rings. The number of halogens is 1. The standard InChI is InChI=1S/C15H20ClNO2/c1-10(17-14(18)9-11-3-2-4-11)15(19)12-5-7-13(16)8-6-12/h5-8,10-11,15,19H,2-4,9H2,1H3,(H,17,18). The molecule has 0 radical (unpaired) electrons. The molecule has 0 aliphatic heterocycles. The van der Waals surface area contributed by atoms with Gasteiger partial charge < -0.3 is 10.4 Å². The molecule has 1 fully saturated rings. The molecule has 1 amide bonds. The number of aliphatic hydroxyl groups excluding tert-OH is 1. The first kappa shape index (κ1) is 14.4. The average molecular weight is 282 g/mol. The second-order valence-electron chi connectivity index (χ2n) is 5.35. The molecule has 0 aromatic heterocycles. The summed E-state index contributed by atoms with van der Waals surface area (Å²) in [6.07, 6.45) is 3.42. The maximum Gasteiger partial charge on any atom is 0.220 e. The zero-order valence-corrected chi connectivity index (χ0v) is 11.9. The number of benzene rings is 1. The molecular weight excluding hydrogens is 262 g/mol. The van der Waals surface area contributed by atoms with E-state index in [0.29, 0.717) is 17.4 Å². The van der Waals surface area contributed by atoms with E-state index in [1.807, 2.05) is 6.92 Å². The minimum atomic E-state index is -0.706. The zero-order chi connectivity index (χ0) is 13.8. The smallest absolute Gasteiger partial charge is 0.220 e. The van der Waals surface area contributed by atoms with Gasteiger partial charge in [-0.1, -0.05) is 30.2 Å². The number of nitrogens with one attached hydrogen (secondary N) is 1. The van der Waals surface area contributed by atoms with Crippen molar-refractivity contribution < 1.29 is 9.90 Å². The van der Waals surface area contributed by atoms with Crippen LogP contribution in [-0.4, -0.2) is 17.1 Å². The van der Waals surface area contributed by atoms with E-state index in [1.165, 1.54) is 6.42 Å². The van der Waals surface area contributed by atoms with Crippen molar-refractivity contribution >= 4 is 17.5 Å². The molecule has 104 valence electrons. The zero-order valence-electron chi connectivity index (χ0n) is 11.1. The molecule has 0 bridgehead atoms. The van der Waals surface area contributed by atoms with Crippen molar-refractivity contribution in [3.63, 3.8) is 0 Å². The molecule has 2 atom stereocenters. The highest BCUT2D eigenvalue weighted by Crippen LogP contribution is 2.29. The van der Waals surface area contributed by atoms with E-state index >= 15 is 0 Å². The quantitative estimate of drug-likeness (QED) is 0.871. The fourth-order valence-electron chi connectivity index (χ4n) is 2.30. The maximum absolute atomic E-state index is 11.8. The second-order valence-corrected chi connectivity index (χ2v) is 5.79. The van der Waals surface area contributed by atoms with Crippen LogP contribution in [0, 0.1) is 5.92 Å². The first-order chi connectivity index (χ1) is 9.06. The Kier molecular flexibility index (Phi) is 4.83. The Balaban J connectivity index is 1.85. The van der Waals surface area contributed by atoms with Crippen LogP contribution < -0.4 is 5.32 Å². The minimum absolute atomic E-state index is 0.0326. The van der Waals surface area contributed by atoms with Crippen LogP contribution in [0.1, 0.15) is 44.3 Å². The Morgan fingerprint density at radius 1 is 1.42 bits per heavy atom. The molecule has 0 saturated heterocycles. The van der Waals surface area contributed by atoms with Gasteiger partial charge in [0, 0.05) is 11.4 Å². The Bertz CT molecular complexity index is 428. The van der Waals surface area contributed by atoms with Crippen molar-refractivity contribution in [2.24, 2.45) is 5.92 Å². The summed E-state index contributed by atoms with van der Waals surface area (Å²) < 4.78 is 0. The summed E-state index contributed by atoms with van der Waals surface area (Å²) >= 11 is 5.81. The first-order valence-electron chi connectivity index (χ1n) is 6.79. The van der Waals surface area contributed by atoms with E-state index in [-0.39, 0.29) is 11.9 Å². The van der Waals surface area contributed by atoms with Crippen LogP contribution in [0.25, 0.3) is 0 Å². The topological polar surface area (TPSA) is 49.3 Å². The lowest BCUT2D eigenvalue weighted by molar-refractivity contribution is -0.124. The molecule has 3 nitrogen and oxygen atoms in total. The molecule has 2 rings (SSSR count). The van der Waals surface area contributed by atoms with Crippen molar-refractivity contribution in [2.75, 3.05) is 0 Å². The highest BCUT2D eigenvalue weighted by atomic mass is 35.5. The lowest BCUT2D eigenvalue weighted by Gasteiger charge is -2.26. The third-order valence-electron chi connectivity index (χ3n) is 3.77. The summed E-state index contributed by atoms with van der Waals surface area (Å²) in [5.74, 6) is 0.574. The van der Waals surface area contributed by atoms with Gasteiger partial charge in [-0.25, -0.2) is 0 Å². The second kappa shape index (κ2) is 6.40. The van der Waals surface area contributed by atoms with Crippen molar-refractivity contribution in [3.05, 3.63) is 34.9 Å². The van der Waals surface area contributed by atoms with Crippen molar-refractivity contribution in [1.82, 2.24) is 5.32 Å². The minimum Gasteiger partial charge on any atom is -0.386 e. The molecule has 2 unspecified atom stereocenters. The molecule has 1 aliphatic carbocycles. The van der Waals surface area contributed by atoms with E-state index in [4.69, 9.17) is 11.6 Å². The molecule has 1 aromatic rings. The van der Waals surface area contributed by atoms with Gasteiger partial charge in [0.25, 0.3) is 0 Å². The summed E-state index contributed by atoms with van der Waals surface area (Å²) in [7, 11) is 0. The van der Waals surface area contributed by atoms with Gasteiger partial charge in [-0.15, -0.1) is 0 Å². The molecule has 4 heteroatoms. The van der Waals surface area contributed by atoms with Crippen LogP contribution in [0.3, 0.4) is 0 Å². The molecule has 0 heterocycles. The van der Waals surface area contributed by atoms with Gasteiger partial charge in [0.15, 0.2) is 0 Å². The largest absolute Gasteiger partial charge is 0.386 e. The fourth-order valence-corrected chi connectivity index (χ4v) is 2.43. The summed E-state index contributed by atoms with van der Waals surface area (Å²) in [5.41, 5.74) is 0.765. The molecule has 2 N–H and O–H groups in total. The fraction of sp³-hybridized carbons (Fsp3) is 0.533. The van der Waals surface area contributed by atoms with Crippen LogP contribution >= 0.6 is 11.6 Å². The van der Waals surface area contributed by atoms with Gasteiger partial charge >= 0.3 is 0 Å². The van der Waals surface area contributed by atoms with Crippen molar-refractivity contribution in [1.29, 1.82) is 0 Å². The number of amides is 1. The van der Waals surface area contributed by atoms with Gasteiger partial charge in [0.1, 0.15) is 0 Å². The lowest BCUT2D eigenvalue weighted by atomic mass is 9.83. The molecule has 1 saturated carbocycles. The number of rotatable bonds is 5. The number of carbonyl (C=O) groups excluding carboxylic acids is 1. The normalized spacial score (nSPS) is 18.5. The highest BCUT2D eigenvalue weighted by Gasteiger charge is 2.23. The van der Waals surface area contributed by atoms with Crippen LogP contribution in [-0.2, 0) is 4.79 Å². The lowest BCUT2D eigenvalue weighted by Crippen LogP contribution is -2.38. The predicted molar refractivity (Wildman–Crippen MR) is 76.0 cm³/mol. The number of aliphatic hydroxyl groups is 1. The number of hydrogen-bond acceptors (Lipinski definition) is 2. The number of hydrogen-bond donors (Lipinski definition) is 2. The summed E-state index contributed by atoms with van der Waals surface area (Å²) in [6, 6.07) is 6.74. The Hall–Kier alpha value is -1.06. The number of carbonyl (C=O) groups is 1. The van der Waals surface area contributed by atoms with E-state index in [9.17, 15) is 9.90 Å². The SMILES string of the molecule is CC(NC(=O)CC1CCC1)C(O)c1ccc(Cl)cc1. The van der Waals surface area contributed by atoms with Crippen LogP contribution in [0.15, 0.2) is 24.3 Å². The molecule has 19 heavy (non-hydrogen) atoms. The van der Waals surface area contributed by atoms with E-state index in [1.54, 1.807) is 24.3 Å². The Morgan fingerprint density at radius 3 is 2.58 bits per heavy atom. The Labute approximate surface area is 119 Å². The monoisotopic (exact) mass is 281 g/mol. The van der Waals surface area contributed by atoms with Crippen molar-refractivity contribution in [2.45, 2.75) is 44.8 Å². The van der Waals surface area contributed by atoms with Crippen LogP contribution in [0.5, 0.6) is 0 Å². The van der Waals surface area contributed by atoms with Gasteiger partial charge in [-0.05, 0) is 43.4 Å². The van der Waals surface area contributed by atoms with E-state index in [0.717, 1.165) is 18.4 Å². The summed E-state index contributed by atoms with van der Waals surface area (Å²) in [5, 5.41) is 13.7. The molecular formula is C15H20ClNO2. The maximum atomic E-state index is 11.8. The van der Waals surface area contributed by atoms with E-state index in [2.05, 4.69) is 5.32 Å². The van der Waals surface area contributed by atoms with Gasteiger partial charge in [-0.3, -0.25) is 4.79 Å². The van der Waals surface area contributed by atoms with Gasteiger partial charge in [0.05, 0.1) is 12.1 Å². The molecule has 1 aromatic carbocycles. The van der Waals surface area contributed by atoms with Gasteiger partial charge in [-0.2, -0.15) is 0 Å². The van der Waals surface area contributed by atoms with Crippen LogP contribution in [0.4, 0.5) is 0 Å². The first-order valence-corrected chi connectivity index (χ1v) is 7.17. The Morgan fingerprint density at radius 2 is 2.05 bits per heavy atom. The third-order valence-corrected chi connectivity index (χ3v) is 4.02. The van der Waals surface area contributed by atoms with E-state index < -0.39 is 6.10 Å². The summed E-state index contributed by atoms with van der Waals surface area (Å²) in [4.78, 5) is 11.8. The predicted octanol–water partition coefficient (Wildman–Crippen LogP) is 3.07. The molecule has 0 spiro atoms. The third kappa shape index (κ3) is 3.95. The van der Waals surface area contributed by atoms with Gasteiger partial charge in [0.2, 0.25) is 5.91 Å². The van der Waals surface area contributed by atoms with Crippen LogP contribution in [0.2, 0.25) is 5.02 Å². The highest BCUT2D eigenvalue weighted by molar-refractivity contribution is 6.30.